The maximum Gasteiger partial charge on any atom is 0.410 e. The lowest BCUT2D eigenvalue weighted by Gasteiger charge is -2.35. The Morgan fingerprint density at radius 3 is 2.15 bits per heavy atom. The zero-order valence-corrected chi connectivity index (χ0v) is 15.8. The highest BCUT2D eigenvalue weighted by Crippen LogP contribution is 2.22. The molecule has 0 saturated carbocycles. The van der Waals surface area contributed by atoms with Gasteiger partial charge < -0.3 is 15.4 Å². The van der Waals surface area contributed by atoms with Crippen LogP contribution in [0.25, 0.3) is 0 Å². The Morgan fingerprint density at radius 1 is 1.04 bits per heavy atom. The van der Waals surface area contributed by atoms with Crippen molar-refractivity contribution in [2.45, 2.75) is 58.6 Å². The standard InChI is InChI=1S/C19H27N3O4/c1-13(23)20-14-8-10-15(11-9-14)21-17(24)16-7-5-6-12-22(16)18(25)26-19(2,3)4/h8-11,16H,5-7,12H2,1-4H3,(H,20,23)(H,21,24)/t16-/m0/s1. The molecule has 0 bridgehead atoms. The van der Waals surface area contributed by atoms with Gasteiger partial charge in [-0.25, -0.2) is 4.79 Å². The van der Waals surface area contributed by atoms with Gasteiger partial charge in [0.15, 0.2) is 0 Å². The highest BCUT2D eigenvalue weighted by molar-refractivity contribution is 5.97. The van der Waals surface area contributed by atoms with E-state index in [2.05, 4.69) is 10.6 Å². The molecule has 1 aliphatic heterocycles. The first-order valence-corrected chi connectivity index (χ1v) is 8.84. The molecule has 1 aromatic carbocycles. The molecule has 7 heteroatoms. The smallest absolute Gasteiger partial charge is 0.410 e. The predicted molar refractivity (Wildman–Crippen MR) is 100.0 cm³/mol. The number of nitrogens with one attached hydrogen (secondary N) is 2. The Labute approximate surface area is 154 Å². The molecular weight excluding hydrogens is 334 g/mol. The number of anilines is 2. The lowest BCUT2D eigenvalue weighted by atomic mass is 10.0. The monoisotopic (exact) mass is 361 g/mol. The SMILES string of the molecule is CC(=O)Nc1ccc(NC(=O)[C@@H]2CCCCN2C(=O)OC(C)(C)C)cc1. The summed E-state index contributed by atoms with van der Waals surface area (Å²) in [6.45, 7) is 7.36. The topological polar surface area (TPSA) is 87.7 Å². The minimum atomic E-state index is -0.602. The normalized spacial score (nSPS) is 17.4. The van der Waals surface area contributed by atoms with Crippen LogP contribution < -0.4 is 10.6 Å². The molecule has 3 amide bonds. The third-order valence-electron chi connectivity index (χ3n) is 3.91. The Hall–Kier alpha value is -2.57. The summed E-state index contributed by atoms with van der Waals surface area (Å²) in [7, 11) is 0. The van der Waals surface area contributed by atoms with Crippen molar-refractivity contribution >= 4 is 29.3 Å². The Kier molecular flexibility index (Phi) is 6.23. The largest absolute Gasteiger partial charge is 0.444 e. The van der Waals surface area contributed by atoms with E-state index in [9.17, 15) is 14.4 Å². The molecule has 1 fully saturated rings. The van der Waals surface area contributed by atoms with E-state index in [1.807, 2.05) is 0 Å². The Bertz CT molecular complexity index is 664. The van der Waals surface area contributed by atoms with E-state index in [4.69, 9.17) is 4.74 Å². The molecule has 26 heavy (non-hydrogen) atoms. The number of benzene rings is 1. The van der Waals surface area contributed by atoms with Gasteiger partial charge in [0, 0.05) is 24.8 Å². The third kappa shape index (κ3) is 5.75. The van der Waals surface area contributed by atoms with Crippen LogP contribution in [0.1, 0.15) is 47.0 Å². The average Bonchev–Trinajstić information content (AvgIpc) is 2.54. The van der Waals surface area contributed by atoms with E-state index in [1.54, 1.807) is 45.0 Å². The molecule has 0 radical (unpaired) electrons. The van der Waals surface area contributed by atoms with Crippen molar-refractivity contribution in [1.82, 2.24) is 4.90 Å². The van der Waals surface area contributed by atoms with E-state index in [-0.39, 0.29) is 11.8 Å². The van der Waals surface area contributed by atoms with Gasteiger partial charge in [0.25, 0.3) is 0 Å². The van der Waals surface area contributed by atoms with Gasteiger partial charge in [-0.05, 0) is 64.3 Å². The van der Waals surface area contributed by atoms with Crippen LogP contribution in [0, 0.1) is 0 Å². The molecule has 0 aromatic heterocycles. The van der Waals surface area contributed by atoms with Crippen LogP contribution in [0.3, 0.4) is 0 Å². The molecule has 2 rings (SSSR count). The second kappa shape index (κ2) is 8.21. The highest BCUT2D eigenvalue weighted by Gasteiger charge is 2.34. The van der Waals surface area contributed by atoms with Crippen molar-refractivity contribution in [2.24, 2.45) is 0 Å². The number of carbonyl (C=O) groups is 3. The predicted octanol–water partition coefficient (Wildman–Crippen LogP) is 3.37. The van der Waals surface area contributed by atoms with Gasteiger partial charge in [0.05, 0.1) is 0 Å². The summed E-state index contributed by atoms with van der Waals surface area (Å²) in [5.74, 6) is -0.389. The van der Waals surface area contributed by atoms with Crippen LogP contribution >= 0.6 is 0 Å². The van der Waals surface area contributed by atoms with Gasteiger partial charge in [-0.15, -0.1) is 0 Å². The first-order chi connectivity index (χ1) is 12.2. The molecule has 7 nitrogen and oxygen atoms in total. The average molecular weight is 361 g/mol. The summed E-state index contributed by atoms with van der Waals surface area (Å²) in [4.78, 5) is 37.7. The lowest BCUT2D eigenvalue weighted by molar-refractivity contribution is -0.122. The van der Waals surface area contributed by atoms with Crippen LogP contribution in [0.2, 0.25) is 0 Å². The summed E-state index contributed by atoms with van der Waals surface area (Å²) in [5, 5.41) is 5.51. The molecule has 0 aliphatic carbocycles. The third-order valence-corrected chi connectivity index (χ3v) is 3.91. The molecule has 1 heterocycles. The van der Waals surface area contributed by atoms with Gasteiger partial charge >= 0.3 is 6.09 Å². The maximum atomic E-state index is 12.7. The van der Waals surface area contributed by atoms with Crippen molar-refractivity contribution in [3.05, 3.63) is 24.3 Å². The molecule has 1 atom stereocenters. The van der Waals surface area contributed by atoms with Crippen molar-refractivity contribution in [2.75, 3.05) is 17.2 Å². The van der Waals surface area contributed by atoms with Crippen molar-refractivity contribution in [3.8, 4) is 0 Å². The first kappa shape index (κ1) is 19.8. The number of amides is 3. The fraction of sp³-hybridized carbons (Fsp3) is 0.526. The van der Waals surface area contributed by atoms with Crippen LogP contribution in [0.4, 0.5) is 16.2 Å². The fourth-order valence-corrected chi connectivity index (χ4v) is 2.81. The number of piperidine rings is 1. The molecule has 2 N–H and O–H groups in total. The quantitative estimate of drug-likeness (QED) is 0.864. The van der Waals surface area contributed by atoms with Crippen LogP contribution in [0.15, 0.2) is 24.3 Å². The maximum absolute atomic E-state index is 12.7. The first-order valence-electron chi connectivity index (χ1n) is 8.84. The number of rotatable bonds is 3. The number of ether oxygens (including phenoxy) is 1. The molecule has 142 valence electrons. The van der Waals surface area contributed by atoms with Gasteiger partial charge in [-0.3, -0.25) is 14.5 Å². The minimum Gasteiger partial charge on any atom is -0.444 e. The molecule has 1 aromatic rings. The van der Waals surface area contributed by atoms with Gasteiger partial charge in [0.1, 0.15) is 11.6 Å². The summed E-state index contributed by atoms with van der Waals surface area (Å²) >= 11 is 0. The van der Waals surface area contributed by atoms with Crippen LogP contribution in [-0.2, 0) is 14.3 Å². The second-order valence-corrected chi connectivity index (χ2v) is 7.43. The van der Waals surface area contributed by atoms with Crippen molar-refractivity contribution in [3.63, 3.8) is 0 Å². The summed E-state index contributed by atoms with van der Waals surface area (Å²) in [6.07, 6.45) is 1.89. The number of hydrogen-bond acceptors (Lipinski definition) is 4. The fourth-order valence-electron chi connectivity index (χ4n) is 2.81. The molecular formula is C19H27N3O4. The van der Waals surface area contributed by atoms with Gasteiger partial charge in [0.2, 0.25) is 11.8 Å². The van der Waals surface area contributed by atoms with Crippen LogP contribution in [0.5, 0.6) is 0 Å². The van der Waals surface area contributed by atoms with Gasteiger partial charge in [-0.1, -0.05) is 0 Å². The summed E-state index contributed by atoms with van der Waals surface area (Å²) < 4.78 is 5.43. The molecule has 0 unspecified atom stereocenters. The van der Waals surface area contributed by atoms with Crippen LogP contribution in [-0.4, -0.2) is 41.0 Å². The molecule has 0 spiro atoms. The van der Waals surface area contributed by atoms with E-state index in [0.717, 1.165) is 12.8 Å². The Morgan fingerprint density at radius 2 is 1.62 bits per heavy atom. The van der Waals surface area contributed by atoms with E-state index < -0.39 is 17.7 Å². The van der Waals surface area contributed by atoms with E-state index >= 15 is 0 Å². The van der Waals surface area contributed by atoms with Crippen molar-refractivity contribution < 1.29 is 19.1 Å². The second-order valence-electron chi connectivity index (χ2n) is 7.43. The summed E-state index contributed by atoms with van der Waals surface area (Å²) in [6, 6.07) is 6.30. The lowest BCUT2D eigenvalue weighted by Crippen LogP contribution is -2.51. The number of likely N-dealkylation sites (tertiary alicyclic amines) is 1. The molecule has 1 aliphatic rings. The van der Waals surface area contributed by atoms with Gasteiger partial charge in [-0.2, -0.15) is 0 Å². The zero-order chi connectivity index (χ0) is 19.3. The number of carbonyl (C=O) groups excluding carboxylic acids is 3. The zero-order valence-electron chi connectivity index (χ0n) is 15.8. The summed E-state index contributed by atoms with van der Waals surface area (Å²) in [5.41, 5.74) is 0.664. The number of hydrogen-bond donors (Lipinski definition) is 2. The number of nitrogens with zero attached hydrogens (tertiary/aromatic N) is 1. The highest BCUT2D eigenvalue weighted by atomic mass is 16.6. The van der Waals surface area contributed by atoms with E-state index in [1.165, 1.54) is 11.8 Å². The Balaban J connectivity index is 2.03. The van der Waals surface area contributed by atoms with E-state index in [0.29, 0.717) is 24.3 Å². The minimum absolute atomic E-state index is 0.156. The molecule has 1 saturated heterocycles. The van der Waals surface area contributed by atoms with Crippen molar-refractivity contribution in [1.29, 1.82) is 0 Å².